The molecule has 0 radical (unpaired) electrons. The molecular formula is C19H21ClN2O4. The van der Waals surface area contributed by atoms with Crippen LogP contribution in [0.4, 0.5) is 0 Å². The topological polar surface area (TPSA) is 76.7 Å². The minimum absolute atomic E-state index is 0.211. The average Bonchev–Trinajstić information content (AvgIpc) is 2.62. The van der Waals surface area contributed by atoms with E-state index in [0.717, 1.165) is 11.1 Å². The van der Waals surface area contributed by atoms with E-state index in [4.69, 9.17) is 21.1 Å². The Balaban J connectivity index is 1.76. The van der Waals surface area contributed by atoms with Crippen molar-refractivity contribution < 1.29 is 19.1 Å². The van der Waals surface area contributed by atoms with Crippen LogP contribution >= 0.6 is 11.6 Å². The maximum Gasteiger partial charge on any atom is 0.279 e. The summed E-state index contributed by atoms with van der Waals surface area (Å²) in [4.78, 5) is 23.8. The molecule has 6 nitrogen and oxygen atoms in total. The van der Waals surface area contributed by atoms with Crippen LogP contribution in [0.5, 0.6) is 11.5 Å². The van der Waals surface area contributed by atoms with Crippen molar-refractivity contribution in [3.8, 4) is 11.5 Å². The molecular weight excluding hydrogens is 356 g/mol. The molecule has 0 aromatic heterocycles. The number of amides is 2. The third-order valence-electron chi connectivity index (χ3n) is 3.73. The van der Waals surface area contributed by atoms with Crippen LogP contribution in [0.25, 0.3) is 0 Å². The normalized spacial score (nSPS) is 11.4. The highest BCUT2D eigenvalue weighted by Gasteiger charge is 2.15. The van der Waals surface area contributed by atoms with Crippen LogP contribution in [0.1, 0.15) is 18.1 Å². The van der Waals surface area contributed by atoms with Crippen LogP contribution in [0, 0.1) is 13.8 Å². The molecule has 0 bridgehead atoms. The zero-order valence-electron chi connectivity index (χ0n) is 14.8. The van der Waals surface area contributed by atoms with Crippen molar-refractivity contribution in [2.75, 3.05) is 6.61 Å². The summed E-state index contributed by atoms with van der Waals surface area (Å²) in [6.45, 7) is 5.24. The molecule has 0 heterocycles. The second-order valence-corrected chi connectivity index (χ2v) is 6.17. The highest BCUT2D eigenvalue weighted by atomic mass is 35.5. The van der Waals surface area contributed by atoms with E-state index in [0.29, 0.717) is 16.5 Å². The fraction of sp³-hybridized carbons (Fsp3) is 0.263. The van der Waals surface area contributed by atoms with Gasteiger partial charge in [0.2, 0.25) is 0 Å². The van der Waals surface area contributed by atoms with Crippen molar-refractivity contribution in [1.82, 2.24) is 10.9 Å². The van der Waals surface area contributed by atoms with E-state index in [-0.39, 0.29) is 6.61 Å². The highest BCUT2D eigenvalue weighted by molar-refractivity contribution is 6.30. The highest BCUT2D eigenvalue weighted by Crippen LogP contribution is 2.20. The van der Waals surface area contributed by atoms with E-state index in [1.165, 1.54) is 0 Å². The van der Waals surface area contributed by atoms with Crippen molar-refractivity contribution >= 4 is 23.4 Å². The number of aryl methyl sites for hydroxylation is 1. The van der Waals surface area contributed by atoms with Gasteiger partial charge in [-0.1, -0.05) is 23.7 Å². The van der Waals surface area contributed by atoms with E-state index in [2.05, 4.69) is 10.9 Å². The molecule has 0 saturated heterocycles. The fourth-order valence-electron chi connectivity index (χ4n) is 2.06. The monoisotopic (exact) mass is 376 g/mol. The molecule has 0 saturated carbocycles. The number of nitrogens with one attached hydrogen (secondary N) is 2. The predicted octanol–water partition coefficient (Wildman–Crippen LogP) is 2.95. The molecule has 26 heavy (non-hydrogen) atoms. The van der Waals surface area contributed by atoms with Crippen molar-refractivity contribution in [2.24, 2.45) is 0 Å². The molecule has 0 aliphatic rings. The molecule has 138 valence electrons. The lowest BCUT2D eigenvalue weighted by molar-refractivity contribution is -0.133. The molecule has 2 N–H and O–H groups in total. The number of hydrazine groups is 1. The molecule has 0 aliphatic carbocycles. The van der Waals surface area contributed by atoms with Gasteiger partial charge in [-0.05, 0) is 62.2 Å². The average molecular weight is 377 g/mol. The molecule has 0 aliphatic heterocycles. The number of ether oxygens (including phenoxy) is 2. The molecule has 2 rings (SSSR count). The molecule has 2 aromatic carbocycles. The smallest absolute Gasteiger partial charge is 0.279 e. The van der Waals surface area contributed by atoms with Gasteiger partial charge in [-0.15, -0.1) is 0 Å². The number of rotatable bonds is 6. The van der Waals surface area contributed by atoms with Gasteiger partial charge < -0.3 is 9.47 Å². The van der Waals surface area contributed by atoms with Gasteiger partial charge in [-0.25, -0.2) is 0 Å². The first-order valence-corrected chi connectivity index (χ1v) is 8.44. The third-order valence-corrected chi connectivity index (χ3v) is 3.99. The zero-order chi connectivity index (χ0) is 19.1. The summed E-state index contributed by atoms with van der Waals surface area (Å²) in [6.07, 6.45) is -0.795. The van der Waals surface area contributed by atoms with Gasteiger partial charge in [0, 0.05) is 5.02 Å². The maximum absolute atomic E-state index is 12.0. The zero-order valence-corrected chi connectivity index (χ0v) is 15.6. The first kappa shape index (κ1) is 19.6. The Bertz CT molecular complexity index is 778. The first-order valence-electron chi connectivity index (χ1n) is 8.06. The van der Waals surface area contributed by atoms with Crippen LogP contribution < -0.4 is 20.3 Å². The van der Waals surface area contributed by atoms with Gasteiger partial charge >= 0.3 is 0 Å². The maximum atomic E-state index is 12.0. The van der Waals surface area contributed by atoms with Gasteiger partial charge in [0.25, 0.3) is 11.8 Å². The summed E-state index contributed by atoms with van der Waals surface area (Å²) in [7, 11) is 0. The van der Waals surface area contributed by atoms with E-state index >= 15 is 0 Å². The van der Waals surface area contributed by atoms with Gasteiger partial charge in [0.1, 0.15) is 11.5 Å². The number of carbonyl (C=O) groups is 2. The van der Waals surface area contributed by atoms with Crippen LogP contribution in [0.2, 0.25) is 5.02 Å². The molecule has 2 aromatic rings. The van der Waals surface area contributed by atoms with Gasteiger partial charge in [-0.3, -0.25) is 20.4 Å². The number of halogens is 1. The lowest BCUT2D eigenvalue weighted by atomic mass is 10.1. The molecule has 2 amide bonds. The Morgan fingerprint density at radius 1 is 1.08 bits per heavy atom. The standard InChI is InChI=1S/C19H21ClN2O4/c1-12-5-4-6-17(13(12)2)25-11-18(23)21-22-19(24)14(3)26-16-9-7-15(20)8-10-16/h4-10,14H,11H2,1-3H3,(H,21,23)(H,22,24). The summed E-state index contributed by atoms with van der Waals surface area (Å²) in [5.41, 5.74) is 6.64. The van der Waals surface area contributed by atoms with E-state index in [1.54, 1.807) is 37.3 Å². The number of hydrogen-bond acceptors (Lipinski definition) is 4. The van der Waals surface area contributed by atoms with Gasteiger partial charge in [-0.2, -0.15) is 0 Å². The van der Waals surface area contributed by atoms with E-state index in [1.807, 2.05) is 26.0 Å². The summed E-state index contributed by atoms with van der Waals surface area (Å²) < 4.78 is 10.9. The lowest BCUT2D eigenvalue weighted by Crippen LogP contribution is -2.48. The van der Waals surface area contributed by atoms with Crippen LogP contribution in [0.15, 0.2) is 42.5 Å². The fourth-order valence-corrected chi connectivity index (χ4v) is 2.19. The Kier molecular flexibility index (Phi) is 6.86. The number of carbonyl (C=O) groups excluding carboxylic acids is 2. The minimum Gasteiger partial charge on any atom is -0.483 e. The minimum atomic E-state index is -0.795. The van der Waals surface area contributed by atoms with Crippen LogP contribution in [-0.2, 0) is 9.59 Å². The van der Waals surface area contributed by atoms with Crippen molar-refractivity contribution in [3.63, 3.8) is 0 Å². The predicted molar refractivity (Wildman–Crippen MR) is 99.2 cm³/mol. The first-order chi connectivity index (χ1) is 12.4. The molecule has 0 fully saturated rings. The van der Waals surface area contributed by atoms with E-state index in [9.17, 15) is 9.59 Å². The Labute approximate surface area is 157 Å². The Morgan fingerprint density at radius 3 is 2.46 bits per heavy atom. The number of benzene rings is 2. The quantitative estimate of drug-likeness (QED) is 0.760. The largest absolute Gasteiger partial charge is 0.483 e. The van der Waals surface area contributed by atoms with Gasteiger partial charge in [0.15, 0.2) is 12.7 Å². The Morgan fingerprint density at radius 2 is 1.77 bits per heavy atom. The second-order valence-electron chi connectivity index (χ2n) is 5.74. The SMILES string of the molecule is Cc1cccc(OCC(=O)NNC(=O)C(C)Oc2ccc(Cl)cc2)c1C. The van der Waals surface area contributed by atoms with Gasteiger partial charge in [0.05, 0.1) is 0 Å². The van der Waals surface area contributed by atoms with E-state index < -0.39 is 17.9 Å². The van der Waals surface area contributed by atoms with Crippen molar-refractivity contribution in [1.29, 1.82) is 0 Å². The summed E-state index contributed by atoms with van der Waals surface area (Å²) in [6, 6.07) is 12.2. The summed E-state index contributed by atoms with van der Waals surface area (Å²) >= 11 is 5.79. The number of hydrogen-bond donors (Lipinski definition) is 2. The Hall–Kier alpha value is -2.73. The molecule has 1 unspecified atom stereocenters. The molecule has 7 heteroatoms. The molecule has 0 spiro atoms. The summed E-state index contributed by atoms with van der Waals surface area (Å²) in [5.74, 6) is 0.172. The second kappa shape index (κ2) is 9.10. The molecule has 1 atom stereocenters. The van der Waals surface area contributed by atoms with Crippen molar-refractivity contribution in [2.45, 2.75) is 26.9 Å². The lowest BCUT2D eigenvalue weighted by Gasteiger charge is -2.15. The summed E-state index contributed by atoms with van der Waals surface area (Å²) in [5, 5.41) is 0.575. The van der Waals surface area contributed by atoms with Crippen LogP contribution in [-0.4, -0.2) is 24.5 Å². The van der Waals surface area contributed by atoms with Crippen LogP contribution in [0.3, 0.4) is 0 Å². The van der Waals surface area contributed by atoms with Crippen molar-refractivity contribution in [3.05, 3.63) is 58.6 Å². The third kappa shape index (κ3) is 5.67.